The predicted octanol–water partition coefficient (Wildman–Crippen LogP) is 1.70. The van der Waals surface area contributed by atoms with Crippen molar-refractivity contribution < 1.29 is 4.79 Å². The van der Waals surface area contributed by atoms with E-state index in [0.717, 1.165) is 25.8 Å². The molecule has 86 valence electrons. The maximum Gasteiger partial charge on any atom is 0.120 e. The molecule has 0 aliphatic carbocycles. The third-order valence-corrected chi connectivity index (χ3v) is 3.19. The number of hydrogen-bond donors (Lipinski definition) is 0. The molecule has 0 N–H and O–H groups in total. The lowest BCUT2D eigenvalue weighted by atomic mass is 10.0. The van der Waals surface area contributed by atoms with E-state index in [1.165, 1.54) is 16.9 Å². The molecule has 0 unspecified atom stereocenters. The highest BCUT2D eigenvalue weighted by molar-refractivity contribution is 5.76. The Balaban J connectivity index is 2.39. The minimum atomic E-state index is 0.605. The number of para-hydroxylation sites is 1. The monoisotopic (exact) mass is 218 g/mol. The zero-order valence-corrected chi connectivity index (χ0v) is 9.94. The lowest BCUT2D eigenvalue weighted by molar-refractivity contribution is -0.107. The molecule has 0 bridgehead atoms. The van der Waals surface area contributed by atoms with Gasteiger partial charge in [-0.1, -0.05) is 12.1 Å². The van der Waals surface area contributed by atoms with Gasteiger partial charge in [-0.15, -0.1) is 0 Å². The molecule has 16 heavy (non-hydrogen) atoms. The summed E-state index contributed by atoms with van der Waals surface area (Å²) in [5.74, 6) is 0. The lowest BCUT2D eigenvalue weighted by Crippen LogP contribution is -2.37. The third-order valence-electron chi connectivity index (χ3n) is 3.19. The van der Waals surface area contributed by atoms with E-state index in [2.05, 4.69) is 42.1 Å². The number of aldehydes is 1. The van der Waals surface area contributed by atoms with Crippen LogP contribution in [0.15, 0.2) is 18.2 Å². The van der Waals surface area contributed by atoms with Gasteiger partial charge in [0.25, 0.3) is 0 Å². The highest BCUT2D eigenvalue weighted by atomic mass is 16.1. The van der Waals surface area contributed by atoms with Gasteiger partial charge in [0.15, 0.2) is 0 Å². The van der Waals surface area contributed by atoms with E-state index in [4.69, 9.17) is 0 Å². The summed E-state index contributed by atoms with van der Waals surface area (Å²) in [5.41, 5.74) is 3.84. The molecule has 0 saturated heterocycles. The summed E-state index contributed by atoms with van der Waals surface area (Å²) < 4.78 is 0. The molecule has 0 saturated carbocycles. The Labute approximate surface area is 96.7 Å². The maximum absolute atomic E-state index is 10.5. The number of carbonyl (C=O) groups excluding carboxylic acids is 1. The first kappa shape index (κ1) is 11.0. The molecule has 1 aliphatic heterocycles. The van der Waals surface area contributed by atoms with Crippen LogP contribution in [0.4, 0.5) is 11.4 Å². The molecule has 0 amide bonds. The van der Waals surface area contributed by atoms with Crippen LogP contribution < -0.4 is 9.80 Å². The molecule has 0 radical (unpaired) electrons. The number of benzene rings is 1. The van der Waals surface area contributed by atoms with E-state index in [1.54, 1.807) is 0 Å². The third kappa shape index (κ3) is 1.90. The van der Waals surface area contributed by atoms with Crippen LogP contribution in [0.3, 0.4) is 0 Å². The van der Waals surface area contributed by atoms with Crippen molar-refractivity contribution in [2.24, 2.45) is 0 Å². The van der Waals surface area contributed by atoms with Crippen LogP contribution in [0.2, 0.25) is 0 Å². The van der Waals surface area contributed by atoms with Crippen LogP contribution in [0.25, 0.3) is 0 Å². The number of anilines is 2. The molecule has 0 spiro atoms. The normalized spacial score (nSPS) is 14.9. The molecule has 1 aromatic rings. The lowest BCUT2D eigenvalue weighted by Gasteiger charge is -2.36. The Morgan fingerprint density at radius 2 is 2.00 bits per heavy atom. The number of nitrogens with zero attached hydrogens (tertiary/aromatic N) is 2. The second-order valence-electron chi connectivity index (χ2n) is 4.33. The Morgan fingerprint density at radius 1 is 1.25 bits per heavy atom. The van der Waals surface area contributed by atoms with Crippen molar-refractivity contribution in [1.82, 2.24) is 0 Å². The Hall–Kier alpha value is -1.51. The standard InChI is InChI=1S/C13H18N2O/c1-14-8-9-15(2)13-11(6-4-10-16)5-3-7-12(13)14/h3,5,7,10H,4,6,8-9H2,1-2H3. The molecule has 1 aliphatic rings. The van der Waals surface area contributed by atoms with Gasteiger partial charge in [-0.3, -0.25) is 0 Å². The largest absolute Gasteiger partial charge is 0.371 e. The van der Waals surface area contributed by atoms with Gasteiger partial charge < -0.3 is 14.6 Å². The van der Waals surface area contributed by atoms with Gasteiger partial charge in [0.1, 0.15) is 6.29 Å². The highest BCUT2D eigenvalue weighted by Gasteiger charge is 2.19. The smallest absolute Gasteiger partial charge is 0.120 e. The SMILES string of the molecule is CN1CCN(C)c2c(CCC=O)cccc21. The zero-order valence-electron chi connectivity index (χ0n) is 9.94. The minimum absolute atomic E-state index is 0.605. The number of fused-ring (bicyclic) bond motifs is 1. The second-order valence-corrected chi connectivity index (χ2v) is 4.33. The van der Waals surface area contributed by atoms with E-state index in [9.17, 15) is 4.79 Å². The average Bonchev–Trinajstić information content (AvgIpc) is 2.31. The summed E-state index contributed by atoms with van der Waals surface area (Å²) >= 11 is 0. The summed E-state index contributed by atoms with van der Waals surface area (Å²) in [6, 6.07) is 6.35. The van der Waals surface area contributed by atoms with Crippen molar-refractivity contribution in [2.45, 2.75) is 12.8 Å². The summed E-state index contributed by atoms with van der Waals surface area (Å²) in [6.45, 7) is 2.10. The summed E-state index contributed by atoms with van der Waals surface area (Å²) in [7, 11) is 4.24. The first-order valence-corrected chi connectivity index (χ1v) is 5.72. The predicted molar refractivity (Wildman–Crippen MR) is 67.4 cm³/mol. The van der Waals surface area contributed by atoms with Crippen LogP contribution in [-0.2, 0) is 11.2 Å². The van der Waals surface area contributed by atoms with Crippen LogP contribution in [0.5, 0.6) is 0 Å². The molecular formula is C13H18N2O. The Bertz CT molecular complexity index is 390. The summed E-state index contributed by atoms with van der Waals surface area (Å²) in [6.07, 6.45) is 2.44. The van der Waals surface area contributed by atoms with Crippen LogP contribution >= 0.6 is 0 Å². The molecular weight excluding hydrogens is 200 g/mol. The van der Waals surface area contributed by atoms with Gasteiger partial charge >= 0.3 is 0 Å². The fourth-order valence-corrected chi connectivity index (χ4v) is 2.27. The molecule has 0 atom stereocenters. The molecule has 1 aromatic carbocycles. The molecule has 3 nitrogen and oxygen atoms in total. The van der Waals surface area contributed by atoms with Gasteiger partial charge in [-0.05, 0) is 18.1 Å². The van der Waals surface area contributed by atoms with E-state index < -0.39 is 0 Å². The molecule has 1 heterocycles. The van der Waals surface area contributed by atoms with Crippen LogP contribution in [0, 0.1) is 0 Å². The van der Waals surface area contributed by atoms with Gasteiger partial charge in [-0.2, -0.15) is 0 Å². The Kier molecular flexibility index (Phi) is 3.13. The fourth-order valence-electron chi connectivity index (χ4n) is 2.27. The van der Waals surface area contributed by atoms with E-state index >= 15 is 0 Å². The van der Waals surface area contributed by atoms with Crippen molar-refractivity contribution in [2.75, 3.05) is 37.0 Å². The number of hydrogen-bond acceptors (Lipinski definition) is 3. The van der Waals surface area contributed by atoms with Crippen molar-refractivity contribution in [3.8, 4) is 0 Å². The second kappa shape index (κ2) is 4.56. The fraction of sp³-hybridized carbons (Fsp3) is 0.462. The number of likely N-dealkylation sites (N-methyl/N-ethyl adjacent to an activating group) is 2. The van der Waals surface area contributed by atoms with E-state index in [1.807, 2.05) is 0 Å². The quantitative estimate of drug-likeness (QED) is 0.721. The van der Waals surface area contributed by atoms with Crippen molar-refractivity contribution in [3.63, 3.8) is 0 Å². The van der Waals surface area contributed by atoms with Crippen LogP contribution in [-0.4, -0.2) is 33.5 Å². The summed E-state index contributed by atoms with van der Waals surface area (Å²) in [5, 5.41) is 0. The zero-order chi connectivity index (χ0) is 11.5. The maximum atomic E-state index is 10.5. The minimum Gasteiger partial charge on any atom is -0.371 e. The Morgan fingerprint density at radius 3 is 2.75 bits per heavy atom. The number of aryl methyl sites for hydroxylation is 1. The average molecular weight is 218 g/mol. The molecule has 3 heteroatoms. The molecule has 2 rings (SSSR count). The van der Waals surface area contributed by atoms with Gasteiger partial charge in [-0.25, -0.2) is 0 Å². The number of rotatable bonds is 3. The topological polar surface area (TPSA) is 23.6 Å². The summed E-state index contributed by atoms with van der Waals surface area (Å²) in [4.78, 5) is 15.0. The van der Waals surface area contributed by atoms with Crippen molar-refractivity contribution in [3.05, 3.63) is 23.8 Å². The molecule has 0 aromatic heterocycles. The van der Waals surface area contributed by atoms with Gasteiger partial charge in [0.05, 0.1) is 11.4 Å². The van der Waals surface area contributed by atoms with Crippen molar-refractivity contribution in [1.29, 1.82) is 0 Å². The molecule has 0 fully saturated rings. The van der Waals surface area contributed by atoms with Crippen molar-refractivity contribution >= 4 is 17.7 Å². The highest BCUT2D eigenvalue weighted by Crippen LogP contribution is 2.35. The van der Waals surface area contributed by atoms with Gasteiger partial charge in [0.2, 0.25) is 0 Å². The van der Waals surface area contributed by atoms with E-state index in [0.29, 0.717) is 6.42 Å². The van der Waals surface area contributed by atoms with Crippen LogP contribution in [0.1, 0.15) is 12.0 Å². The number of carbonyl (C=O) groups is 1. The van der Waals surface area contributed by atoms with Gasteiger partial charge in [0, 0.05) is 33.6 Å². The first-order chi connectivity index (χ1) is 7.74. The van der Waals surface area contributed by atoms with E-state index in [-0.39, 0.29) is 0 Å². The first-order valence-electron chi connectivity index (χ1n) is 5.72.